The number of anilines is 1. The number of alkyl halides is 1. The van der Waals surface area contributed by atoms with Crippen LogP contribution in [0.3, 0.4) is 0 Å². The first kappa shape index (κ1) is 34.8. The van der Waals surface area contributed by atoms with Crippen molar-refractivity contribution in [3.63, 3.8) is 0 Å². The van der Waals surface area contributed by atoms with Gasteiger partial charge in [-0.1, -0.05) is 82.1 Å². The lowest BCUT2D eigenvalue weighted by atomic mass is 9.70. The number of amides is 3. The first-order chi connectivity index (χ1) is 22.6. The highest BCUT2D eigenvalue weighted by molar-refractivity contribution is 9.09. The molecule has 3 heterocycles. The lowest BCUT2D eigenvalue weighted by Gasteiger charge is -2.37. The van der Waals surface area contributed by atoms with E-state index in [1.165, 1.54) is 9.80 Å². The number of rotatable bonds is 14. The predicted octanol–water partition coefficient (Wildman–Crippen LogP) is 4.27. The fourth-order valence-corrected chi connectivity index (χ4v) is 8.47. The van der Waals surface area contributed by atoms with Crippen LogP contribution in [0.1, 0.15) is 36.5 Å². The normalized spacial score (nSPS) is 26.4. The molecule has 1 spiro atoms. The molecule has 0 saturated carbocycles. The average molecular weight is 729 g/mol. The minimum Gasteiger partial charge on any atom is -0.455 e. The molecule has 5 rings (SSSR count). The largest absolute Gasteiger partial charge is 0.455 e. The molecule has 3 fully saturated rings. The van der Waals surface area contributed by atoms with Crippen LogP contribution in [0.4, 0.5) is 5.69 Å². The smallest absolute Gasteiger partial charge is 0.313 e. The van der Waals surface area contributed by atoms with Crippen LogP contribution in [0.25, 0.3) is 0 Å². The lowest BCUT2D eigenvalue weighted by molar-refractivity contribution is -0.160. The number of nitrogens with zero attached hydrogens (tertiary/aromatic N) is 2. The number of carbonyl (C=O) groups excluding carboxylic acids is 4. The van der Waals surface area contributed by atoms with E-state index in [1.54, 1.807) is 48.6 Å². The summed E-state index contributed by atoms with van der Waals surface area (Å²) in [5.74, 6) is -3.89. The molecule has 0 aliphatic carbocycles. The van der Waals surface area contributed by atoms with Gasteiger partial charge in [0.2, 0.25) is 11.8 Å². The van der Waals surface area contributed by atoms with Crippen molar-refractivity contribution in [2.75, 3.05) is 31.1 Å². The van der Waals surface area contributed by atoms with Crippen LogP contribution in [0.5, 0.6) is 0 Å². The fraction of sp³-hybridized carbons (Fsp3) is 0.429. The SMILES string of the molecule is C=CCCC(=O)NC[C@@H](OC(=O)[C@@H]1[C@H]2O[C@@]3(CC2Br)[C@H](C(=O)N(CC=C)c2c(C)cccc2Cl)N(CCO)C(=O)[C@@H]13)c1ccccc1. The molecule has 7 atom stereocenters. The summed E-state index contributed by atoms with van der Waals surface area (Å²) < 4.78 is 12.7. The van der Waals surface area contributed by atoms with Crippen LogP contribution >= 0.6 is 27.5 Å². The second-order valence-electron chi connectivity index (χ2n) is 12.0. The molecular weight excluding hydrogens is 690 g/mol. The number of nitrogens with one attached hydrogen (secondary N) is 1. The number of β-amino-alcohol motifs (C(OH)–C–C–N with tert-alkyl or cyclic N) is 1. The summed E-state index contributed by atoms with van der Waals surface area (Å²) in [6.45, 7) is 8.90. The Morgan fingerprint density at radius 1 is 1.21 bits per heavy atom. The molecule has 2 aromatic carbocycles. The van der Waals surface area contributed by atoms with Gasteiger partial charge in [0.05, 0.1) is 41.8 Å². The fourth-order valence-electron chi connectivity index (χ4n) is 7.20. The summed E-state index contributed by atoms with van der Waals surface area (Å²) in [5, 5.41) is 13.2. The van der Waals surface area contributed by atoms with Gasteiger partial charge in [0, 0.05) is 24.3 Å². The number of aliphatic hydroxyl groups excluding tert-OH is 1. The Morgan fingerprint density at radius 2 is 1.96 bits per heavy atom. The minimum absolute atomic E-state index is 0.0247. The minimum atomic E-state index is -1.37. The Kier molecular flexibility index (Phi) is 10.9. The van der Waals surface area contributed by atoms with Gasteiger partial charge in [-0.3, -0.25) is 19.2 Å². The summed E-state index contributed by atoms with van der Waals surface area (Å²) in [4.78, 5) is 57.9. The van der Waals surface area contributed by atoms with Gasteiger partial charge in [-0.05, 0) is 37.0 Å². The number of halogens is 2. The van der Waals surface area contributed by atoms with Crippen molar-refractivity contribution in [3.05, 3.63) is 90.0 Å². The van der Waals surface area contributed by atoms with Crippen molar-refractivity contribution >= 4 is 56.9 Å². The molecule has 3 aliphatic heterocycles. The number of allylic oxidation sites excluding steroid dienone is 1. The summed E-state index contributed by atoms with van der Waals surface area (Å²) in [5.41, 5.74) is 0.526. The third-order valence-corrected chi connectivity index (χ3v) is 10.3. The van der Waals surface area contributed by atoms with Gasteiger partial charge < -0.3 is 29.7 Å². The number of likely N-dealkylation sites (tertiary alicyclic amines) is 1. The highest BCUT2D eigenvalue weighted by Gasteiger charge is 2.77. The van der Waals surface area contributed by atoms with E-state index in [9.17, 15) is 24.3 Å². The van der Waals surface area contributed by atoms with Crippen molar-refractivity contribution < 1.29 is 33.8 Å². The molecule has 250 valence electrons. The van der Waals surface area contributed by atoms with E-state index in [4.69, 9.17) is 21.1 Å². The van der Waals surface area contributed by atoms with Crippen molar-refractivity contribution in [1.29, 1.82) is 0 Å². The molecule has 2 N–H and O–H groups in total. The second kappa shape index (κ2) is 14.7. The molecule has 3 saturated heterocycles. The molecule has 2 aromatic rings. The van der Waals surface area contributed by atoms with Crippen LogP contribution < -0.4 is 10.2 Å². The summed E-state index contributed by atoms with van der Waals surface area (Å²) in [6.07, 6.45) is 2.66. The van der Waals surface area contributed by atoms with Gasteiger partial charge >= 0.3 is 5.97 Å². The van der Waals surface area contributed by atoms with E-state index in [0.717, 1.165) is 5.56 Å². The quantitative estimate of drug-likeness (QED) is 0.169. The summed E-state index contributed by atoms with van der Waals surface area (Å²) in [6, 6.07) is 13.2. The number of fused-ring (bicyclic) bond motifs is 1. The van der Waals surface area contributed by atoms with Gasteiger partial charge in [0.15, 0.2) is 0 Å². The first-order valence-corrected chi connectivity index (χ1v) is 16.9. The van der Waals surface area contributed by atoms with Gasteiger partial charge in [0.1, 0.15) is 17.7 Å². The molecule has 2 bridgehead atoms. The van der Waals surface area contributed by atoms with Crippen molar-refractivity contribution in [2.45, 2.75) is 54.9 Å². The monoisotopic (exact) mass is 727 g/mol. The number of aliphatic hydroxyl groups is 1. The standard InChI is InChI=1S/C35H39BrClN3O7/c1-4-6-15-26(42)38-20-25(22-12-8-7-9-13-22)46-34(45)27-28-32(43)40(17-18-41)31(35(28)19-23(36)30(27)47-35)33(44)39(16-5-2)29-21(3)11-10-14-24(29)37/h4-5,7-14,23,25,27-28,30-31,41H,1-2,6,15-20H2,3H3,(H,38,42)/t23?,25-,27+,28-,30+,31+,35-/m1/s1. The number of carbonyl (C=O) groups is 4. The Labute approximate surface area is 287 Å². The summed E-state index contributed by atoms with van der Waals surface area (Å²) in [7, 11) is 0. The van der Waals surface area contributed by atoms with E-state index >= 15 is 0 Å². The number of hydrogen-bond acceptors (Lipinski definition) is 7. The number of para-hydroxylation sites is 1. The molecule has 3 amide bonds. The van der Waals surface area contributed by atoms with E-state index in [-0.39, 0.29) is 43.2 Å². The van der Waals surface area contributed by atoms with Crippen LogP contribution in [0.15, 0.2) is 73.8 Å². The Hall–Kier alpha value is -3.51. The zero-order chi connectivity index (χ0) is 33.9. The number of hydrogen-bond donors (Lipinski definition) is 2. The zero-order valence-corrected chi connectivity index (χ0v) is 28.5. The third kappa shape index (κ3) is 6.50. The number of esters is 1. The van der Waals surface area contributed by atoms with Crippen LogP contribution in [-0.2, 0) is 28.7 Å². The van der Waals surface area contributed by atoms with Crippen LogP contribution in [0, 0.1) is 18.8 Å². The molecule has 12 heteroatoms. The molecule has 0 radical (unpaired) electrons. The maximum atomic E-state index is 14.7. The molecule has 10 nitrogen and oxygen atoms in total. The zero-order valence-electron chi connectivity index (χ0n) is 26.1. The highest BCUT2D eigenvalue weighted by Crippen LogP contribution is 2.60. The van der Waals surface area contributed by atoms with E-state index in [2.05, 4.69) is 34.4 Å². The third-order valence-electron chi connectivity index (χ3n) is 9.16. The predicted molar refractivity (Wildman–Crippen MR) is 181 cm³/mol. The molecule has 1 unspecified atom stereocenters. The van der Waals surface area contributed by atoms with Crippen molar-refractivity contribution in [1.82, 2.24) is 10.2 Å². The Balaban J connectivity index is 1.48. The van der Waals surface area contributed by atoms with Gasteiger partial charge in [0.25, 0.3) is 5.91 Å². The average Bonchev–Trinajstić information content (AvgIpc) is 3.65. The maximum absolute atomic E-state index is 14.7. The van der Waals surface area contributed by atoms with E-state index in [1.807, 2.05) is 19.1 Å². The van der Waals surface area contributed by atoms with Crippen molar-refractivity contribution in [2.24, 2.45) is 11.8 Å². The Morgan fingerprint density at radius 3 is 2.62 bits per heavy atom. The highest BCUT2D eigenvalue weighted by atomic mass is 79.9. The van der Waals surface area contributed by atoms with E-state index < -0.39 is 60.1 Å². The second-order valence-corrected chi connectivity index (χ2v) is 13.6. The number of ether oxygens (including phenoxy) is 2. The number of aryl methyl sites for hydroxylation is 1. The first-order valence-electron chi connectivity index (χ1n) is 15.6. The maximum Gasteiger partial charge on any atom is 0.313 e. The molecule has 47 heavy (non-hydrogen) atoms. The van der Waals surface area contributed by atoms with Gasteiger partial charge in [-0.2, -0.15) is 0 Å². The molecule has 3 aliphatic rings. The molecule has 0 aromatic heterocycles. The summed E-state index contributed by atoms with van der Waals surface area (Å²) >= 11 is 10.3. The van der Waals surface area contributed by atoms with E-state index in [0.29, 0.717) is 22.7 Å². The van der Waals surface area contributed by atoms with Gasteiger partial charge in [-0.15, -0.1) is 13.2 Å². The van der Waals surface area contributed by atoms with Gasteiger partial charge in [-0.25, -0.2) is 0 Å². The lowest BCUT2D eigenvalue weighted by Crippen LogP contribution is -2.57. The van der Waals surface area contributed by atoms with Crippen LogP contribution in [0.2, 0.25) is 5.02 Å². The van der Waals surface area contributed by atoms with Crippen LogP contribution in [-0.4, -0.2) is 82.5 Å². The van der Waals surface area contributed by atoms with Crippen molar-refractivity contribution in [3.8, 4) is 0 Å². The molecular formula is C35H39BrClN3O7. The number of benzene rings is 2. The Bertz CT molecular complexity index is 1520. The topological polar surface area (TPSA) is 125 Å².